The molecule has 0 aliphatic carbocycles. The standard InChI is InChI=1S/C21H23ClN2O4S/c1-29-11-10-17(24-20(25)15-6-2-3-7-16(15)22)21(26)23-12-14-13-27-18-8-4-5-9-19(18)28-14/h2-9,14,17H,10-13H2,1H3,(H,23,26)(H,24,25)/t14-,17+/m1/s1. The highest BCUT2D eigenvalue weighted by Gasteiger charge is 2.25. The van der Waals surface area contributed by atoms with E-state index < -0.39 is 6.04 Å². The Balaban J connectivity index is 1.58. The Kier molecular flexibility index (Phi) is 7.66. The summed E-state index contributed by atoms with van der Waals surface area (Å²) in [6.45, 7) is 0.629. The molecule has 3 rings (SSSR count). The summed E-state index contributed by atoms with van der Waals surface area (Å²) in [4.78, 5) is 25.3. The van der Waals surface area contributed by atoms with E-state index in [9.17, 15) is 9.59 Å². The second kappa shape index (κ2) is 10.4. The third-order valence-corrected chi connectivity index (χ3v) is 5.40. The number of thioether (sulfide) groups is 1. The molecule has 0 saturated carbocycles. The summed E-state index contributed by atoms with van der Waals surface area (Å²) in [5.74, 6) is 1.45. The Morgan fingerprint density at radius 2 is 1.90 bits per heavy atom. The van der Waals surface area contributed by atoms with E-state index in [0.29, 0.717) is 35.1 Å². The molecule has 2 aromatic carbocycles. The number of rotatable bonds is 8. The lowest BCUT2D eigenvalue weighted by Gasteiger charge is -2.27. The fourth-order valence-electron chi connectivity index (χ4n) is 2.89. The molecule has 0 fully saturated rings. The van der Waals surface area contributed by atoms with Crippen molar-refractivity contribution in [2.45, 2.75) is 18.6 Å². The van der Waals surface area contributed by atoms with Crippen LogP contribution in [0.4, 0.5) is 0 Å². The van der Waals surface area contributed by atoms with Crippen molar-refractivity contribution in [2.75, 3.05) is 25.2 Å². The highest BCUT2D eigenvalue weighted by atomic mass is 35.5. The average molecular weight is 435 g/mol. The monoisotopic (exact) mass is 434 g/mol. The molecule has 0 radical (unpaired) electrons. The first-order valence-corrected chi connectivity index (χ1v) is 11.1. The normalized spacial score (nSPS) is 16.0. The summed E-state index contributed by atoms with van der Waals surface area (Å²) in [6, 6.07) is 13.5. The summed E-state index contributed by atoms with van der Waals surface area (Å²) >= 11 is 7.70. The van der Waals surface area contributed by atoms with Gasteiger partial charge in [0.05, 0.1) is 17.1 Å². The van der Waals surface area contributed by atoms with Crippen molar-refractivity contribution in [2.24, 2.45) is 0 Å². The van der Waals surface area contributed by atoms with Crippen LogP contribution in [0.25, 0.3) is 0 Å². The van der Waals surface area contributed by atoms with Gasteiger partial charge in [-0.05, 0) is 42.7 Å². The topological polar surface area (TPSA) is 76.7 Å². The Hall–Kier alpha value is -2.38. The van der Waals surface area contributed by atoms with Crippen molar-refractivity contribution < 1.29 is 19.1 Å². The Morgan fingerprint density at radius 3 is 2.66 bits per heavy atom. The molecule has 1 aliphatic heterocycles. The number of ether oxygens (including phenoxy) is 2. The Labute approximate surface area is 179 Å². The van der Waals surface area contributed by atoms with Gasteiger partial charge in [0.2, 0.25) is 5.91 Å². The molecule has 2 atom stereocenters. The van der Waals surface area contributed by atoms with Crippen LogP contribution in [0.5, 0.6) is 11.5 Å². The Bertz CT molecular complexity index is 864. The van der Waals surface area contributed by atoms with Gasteiger partial charge in [-0.3, -0.25) is 9.59 Å². The van der Waals surface area contributed by atoms with Crippen molar-refractivity contribution in [1.29, 1.82) is 0 Å². The number of fused-ring (bicyclic) bond motifs is 1. The van der Waals surface area contributed by atoms with Crippen LogP contribution in [0.2, 0.25) is 5.02 Å². The van der Waals surface area contributed by atoms with Crippen molar-refractivity contribution in [3.05, 3.63) is 59.1 Å². The third-order valence-electron chi connectivity index (χ3n) is 4.42. The second-order valence-corrected chi connectivity index (χ2v) is 7.92. The van der Waals surface area contributed by atoms with E-state index in [1.807, 2.05) is 30.5 Å². The first-order valence-electron chi connectivity index (χ1n) is 9.29. The molecule has 1 aliphatic rings. The van der Waals surface area contributed by atoms with E-state index in [-0.39, 0.29) is 24.5 Å². The fraction of sp³-hybridized carbons (Fsp3) is 0.333. The summed E-state index contributed by atoms with van der Waals surface area (Å²) in [5, 5.41) is 6.00. The average Bonchev–Trinajstić information content (AvgIpc) is 2.75. The molecule has 0 saturated heterocycles. The lowest BCUT2D eigenvalue weighted by atomic mass is 10.1. The molecule has 2 amide bonds. The molecule has 2 aromatic rings. The minimum atomic E-state index is -0.664. The molecule has 0 spiro atoms. The number of amides is 2. The lowest BCUT2D eigenvalue weighted by molar-refractivity contribution is -0.123. The second-order valence-electron chi connectivity index (χ2n) is 6.53. The molecule has 154 valence electrons. The molecular formula is C21H23ClN2O4S. The van der Waals surface area contributed by atoms with E-state index in [0.717, 1.165) is 5.75 Å². The molecule has 8 heteroatoms. The fourth-order valence-corrected chi connectivity index (χ4v) is 3.58. The maximum Gasteiger partial charge on any atom is 0.253 e. The van der Waals surface area contributed by atoms with E-state index in [4.69, 9.17) is 21.1 Å². The molecule has 2 N–H and O–H groups in total. The summed E-state index contributed by atoms with van der Waals surface area (Å²) in [6.07, 6.45) is 2.16. The maximum absolute atomic E-state index is 12.7. The number of hydrogen-bond acceptors (Lipinski definition) is 5. The highest BCUT2D eigenvalue weighted by Crippen LogP contribution is 2.30. The molecular weight excluding hydrogens is 412 g/mol. The minimum Gasteiger partial charge on any atom is -0.486 e. The molecule has 29 heavy (non-hydrogen) atoms. The van der Waals surface area contributed by atoms with Crippen molar-refractivity contribution in [3.8, 4) is 11.5 Å². The first-order chi connectivity index (χ1) is 14.1. The van der Waals surface area contributed by atoms with Crippen LogP contribution >= 0.6 is 23.4 Å². The zero-order chi connectivity index (χ0) is 20.6. The SMILES string of the molecule is CSCC[C@H](NC(=O)c1ccccc1Cl)C(=O)NC[C@@H]1COc2ccccc2O1. The summed E-state index contributed by atoms with van der Waals surface area (Å²) < 4.78 is 11.5. The zero-order valence-electron chi connectivity index (χ0n) is 16.0. The number of carbonyl (C=O) groups is 2. The number of benzene rings is 2. The molecule has 0 aromatic heterocycles. The maximum atomic E-state index is 12.7. The van der Waals surface area contributed by atoms with Crippen molar-refractivity contribution >= 4 is 35.2 Å². The van der Waals surface area contributed by atoms with Crippen LogP contribution in [0.1, 0.15) is 16.8 Å². The Morgan fingerprint density at radius 1 is 1.17 bits per heavy atom. The predicted octanol–water partition coefficient (Wildman–Crippen LogP) is 3.15. The smallest absolute Gasteiger partial charge is 0.253 e. The van der Waals surface area contributed by atoms with Crippen LogP contribution in [0, 0.1) is 0 Å². The van der Waals surface area contributed by atoms with Crippen LogP contribution in [-0.4, -0.2) is 49.1 Å². The van der Waals surface area contributed by atoms with Gasteiger partial charge in [-0.2, -0.15) is 11.8 Å². The van der Waals surface area contributed by atoms with Gasteiger partial charge >= 0.3 is 0 Å². The van der Waals surface area contributed by atoms with Gasteiger partial charge in [0.25, 0.3) is 5.91 Å². The van der Waals surface area contributed by atoms with Crippen molar-refractivity contribution in [1.82, 2.24) is 10.6 Å². The third kappa shape index (κ3) is 5.81. The van der Waals surface area contributed by atoms with Crippen LogP contribution in [-0.2, 0) is 4.79 Å². The van der Waals surface area contributed by atoms with Gasteiger partial charge in [-0.25, -0.2) is 0 Å². The van der Waals surface area contributed by atoms with Gasteiger partial charge in [-0.15, -0.1) is 0 Å². The van der Waals surface area contributed by atoms with E-state index >= 15 is 0 Å². The van der Waals surface area contributed by atoms with Gasteiger partial charge in [0.1, 0.15) is 18.8 Å². The molecule has 1 heterocycles. The molecule has 0 unspecified atom stereocenters. The number of nitrogens with one attached hydrogen (secondary N) is 2. The number of carbonyl (C=O) groups excluding carboxylic acids is 2. The minimum absolute atomic E-state index is 0.262. The number of para-hydroxylation sites is 2. The summed E-state index contributed by atoms with van der Waals surface area (Å²) in [7, 11) is 0. The van der Waals surface area contributed by atoms with E-state index in [1.165, 1.54) is 0 Å². The zero-order valence-corrected chi connectivity index (χ0v) is 17.6. The van der Waals surface area contributed by atoms with Gasteiger partial charge in [-0.1, -0.05) is 35.9 Å². The molecule has 6 nitrogen and oxygen atoms in total. The number of halogens is 1. The quantitative estimate of drug-likeness (QED) is 0.667. The van der Waals surface area contributed by atoms with E-state index in [1.54, 1.807) is 36.0 Å². The number of hydrogen-bond donors (Lipinski definition) is 2. The summed E-state index contributed by atoms with van der Waals surface area (Å²) in [5.41, 5.74) is 0.344. The predicted molar refractivity (Wildman–Crippen MR) is 115 cm³/mol. The highest BCUT2D eigenvalue weighted by molar-refractivity contribution is 7.98. The first kappa shape index (κ1) is 21.3. The lowest BCUT2D eigenvalue weighted by Crippen LogP contribution is -2.50. The van der Waals surface area contributed by atoms with Gasteiger partial charge < -0.3 is 20.1 Å². The van der Waals surface area contributed by atoms with E-state index in [2.05, 4.69) is 10.6 Å². The van der Waals surface area contributed by atoms with Crippen LogP contribution in [0.3, 0.4) is 0 Å². The largest absolute Gasteiger partial charge is 0.486 e. The van der Waals surface area contributed by atoms with Crippen LogP contribution in [0.15, 0.2) is 48.5 Å². The van der Waals surface area contributed by atoms with Gasteiger partial charge in [0, 0.05) is 0 Å². The van der Waals surface area contributed by atoms with Gasteiger partial charge in [0.15, 0.2) is 11.5 Å². The molecule has 0 bridgehead atoms. The van der Waals surface area contributed by atoms with Crippen molar-refractivity contribution in [3.63, 3.8) is 0 Å². The van der Waals surface area contributed by atoms with Crippen LogP contribution < -0.4 is 20.1 Å².